The van der Waals surface area contributed by atoms with Crippen LogP contribution in [0.3, 0.4) is 0 Å². The molecule has 160 valence electrons. The molecule has 0 bridgehead atoms. The molecule has 0 radical (unpaired) electrons. The van der Waals surface area contributed by atoms with Crippen LogP contribution in [0.15, 0.2) is 71.9 Å². The van der Waals surface area contributed by atoms with Gasteiger partial charge in [0.1, 0.15) is 0 Å². The maximum atomic E-state index is 13.0. The van der Waals surface area contributed by atoms with E-state index >= 15 is 0 Å². The molecule has 31 heavy (non-hydrogen) atoms. The first-order valence-corrected chi connectivity index (χ1v) is 11.2. The van der Waals surface area contributed by atoms with Crippen LogP contribution in [-0.4, -0.2) is 37.5 Å². The SMILES string of the molecule is CCN(Cc1ccc2c(c1)OCO2)C(=O)c1ccc(S(=O)(=O)Nc2ccncc2)cc1. The van der Waals surface area contributed by atoms with Crippen LogP contribution in [0.4, 0.5) is 5.69 Å². The van der Waals surface area contributed by atoms with Crippen LogP contribution in [0.25, 0.3) is 0 Å². The van der Waals surface area contributed by atoms with Gasteiger partial charge in [-0.25, -0.2) is 8.42 Å². The summed E-state index contributed by atoms with van der Waals surface area (Å²) in [5.41, 5.74) is 1.74. The molecule has 0 saturated carbocycles. The van der Waals surface area contributed by atoms with Gasteiger partial charge in [-0.15, -0.1) is 0 Å². The van der Waals surface area contributed by atoms with E-state index in [0.717, 1.165) is 5.56 Å². The largest absolute Gasteiger partial charge is 0.454 e. The number of carbonyl (C=O) groups excluding carboxylic acids is 1. The highest BCUT2D eigenvalue weighted by molar-refractivity contribution is 7.92. The fraction of sp³-hybridized carbons (Fsp3) is 0.182. The van der Waals surface area contributed by atoms with Gasteiger partial charge in [-0.3, -0.25) is 14.5 Å². The summed E-state index contributed by atoms with van der Waals surface area (Å²) >= 11 is 0. The fourth-order valence-corrected chi connectivity index (χ4v) is 4.24. The van der Waals surface area contributed by atoms with Crippen LogP contribution < -0.4 is 14.2 Å². The molecule has 1 aliphatic rings. The van der Waals surface area contributed by atoms with E-state index < -0.39 is 10.0 Å². The quantitative estimate of drug-likeness (QED) is 0.607. The second-order valence-corrected chi connectivity index (χ2v) is 8.56. The lowest BCUT2D eigenvalue weighted by molar-refractivity contribution is 0.0752. The molecule has 1 aromatic heterocycles. The van der Waals surface area contributed by atoms with Crippen LogP contribution >= 0.6 is 0 Å². The molecule has 8 nitrogen and oxygen atoms in total. The van der Waals surface area contributed by atoms with Gasteiger partial charge in [0.25, 0.3) is 15.9 Å². The number of pyridine rings is 1. The molecule has 0 fully saturated rings. The van der Waals surface area contributed by atoms with Crippen LogP contribution in [0.5, 0.6) is 11.5 Å². The average molecular weight is 439 g/mol. The maximum Gasteiger partial charge on any atom is 0.261 e. The van der Waals surface area contributed by atoms with E-state index in [0.29, 0.717) is 35.8 Å². The van der Waals surface area contributed by atoms with Gasteiger partial charge in [0.2, 0.25) is 6.79 Å². The zero-order valence-electron chi connectivity index (χ0n) is 16.8. The van der Waals surface area contributed by atoms with Crippen molar-refractivity contribution < 1.29 is 22.7 Å². The van der Waals surface area contributed by atoms with Crippen molar-refractivity contribution >= 4 is 21.6 Å². The number of benzene rings is 2. The molecular formula is C22H21N3O5S. The summed E-state index contributed by atoms with van der Waals surface area (Å²) in [6.07, 6.45) is 3.00. The predicted octanol–water partition coefficient (Wildman–Crippen LogP) is 3.27. The van der Waals surface area contributed by atoms with E-state index in [4.69, 9.17) is 9.47 Å². The number of aromatic nitrogens is 1. The lowest BCUT2D eigenvalue weighted by atomic mass is 10.1. The van der Waals surface area contributed by atoms with E-state index in [1.165, 1.54) is 36.7 Å². The molecule has 2 aromatic carbocycles. The molecule has 1 aliphatic heterocycles. The first kappa shape index (κ1) is 20.7. The molecule has 1 amide bonds. The number of amides is 1. The Bertz CT molecular complexity index is 1180. The van der Waals surface area contributed by atoms with E-state index in [-0.39, 0.29) is 17.6 Å². The van der Waals surface area contributed by atoms with Crippen molar-refractivity contribution in [1.29, 1.82) is 0 Å². The van der Waals surface area contributed by atoms with Crippen molar-refractivity contribution in [3.8, 4) is 11.5 Å². The summed E-state index contributed by atoms with van der Waals surface area (Å²) in [7, 11) is -3.76. The van der Waals surface area contributed by atoms with Gasteiger partial charge in [0.05, 0.1) is 10.6 Å². The monoisotopic (exact) mass is 439 g/mol. The molecular weight excluding hydrogens is 418 g/mol. The first-order valence-electron chi connectivity index (χ1n) is 9.67. The Morgan fingerprint density at radius 1 is 1.03 bits per heavy atom. The van der Waals surface area contributed by atoms with Crippen molar-refractivity contribution in [2.24, 2.45) is 0 Å². The molecule has 9 heteroatoms. The standard InChI is InChI=1S/C22H21N3O5S/c1-2-25(14-16-3-8-20-21(13-16)30-15-29-20)22(26)17-4-6-19(7-5-17)31(27,28)24-18-9-11-23-12-10-18/h3-13H,2,14-15H2,1H3,(H,23,24). The number of ether oxygens (including phenoxy) is 2. The molecule has 0 spiro atoms. The number of fused-ring (bicyclic) bond motifs is 1. The fourth-order valence-electron chi connectivity index (χ4n) is 3.18. The number of carbonyl (C=O) groups is 1. The number of nitrogens with one attached hydrogen (secondary N) is 1. The van der Waals surface area contributed by atoms with Gasteiger partial charge in [0.15, 0.2) is 11.5 Å². The number of rotatable bonds is 7. The van der Waals surface area contributed by atoms with Crippen LogP contribution in [0.2, 0.25) is 0 Å². The van der Waals surface area contributed by atoms with E-state index in [2.05, 4.69) is 9.71 Å². The Labute approximate surface area is 180 Å². The topological polar surface area (TPSA) is 97.8 Å². The third kappa shape index (κ3) is 4.61. The molecule has 1 N–H and O–H groups in total. The average Bonchev–Trinajstić information content (AvgIpc) is 3.25. The van der Waals surface area contributed by atoms with Crippen molar-refractivity contribution in [2.75, 3.05) is 18.1 Å². The van der Waals surface area contributed by atoms with E-state index in [9.17, 15) is 13.2 Å². The Hall–Kier alpha value is -3.59. The Morgan fingerprint density at radius 2 is 1.74 bits per heavy atom. The van der Waals surface area contributed by atoms with Crippen molar-refractivity contribution in [1.82, 2.24) is 9.88 Å². The highest BCUT2D eigenvalue weighted by Crippen LogP contribution is 2.33. The number of nitrogens with zero attached hydrogens (tertiary/aromatic N) is 2. The van der Waals surface area contributed by atoms with Gasteiger partial charge in [0, 0.05) is 31.0 Å². The minimum absolute atomic E-state index is 0.0691. The minimum atomic E-state index is -3.76. The van der Waals surface area contributed by atoms with Crippen molar-refractivity contribution in [3.63, 3.8) is 0 Å². The predicted molar refractivity (Wildman–Crippen MR) is 114 cm³/mol. The van der Waals surface area contributed by atoms with Crippen molar-refractivity contribution in [3.05, 3.63) is 78.1 Å². The molecule has 0 atom stereocenters. The normalized spacial score (nSPS) is 12.4. The van der Waals surface area contributed by atoms with E-state index in [1.54, 1.807) is 17.0 Å². The highest BCUT2D eigenvalue weighted by Gasteiger charge is 2.19. The maximum absolute atomic E-state index is 13.0. The summed E-state index contributed by atoms with van der Waals surface area (Å²) in [6, 6.07) is 14.6. The third-order valence-electron chi connectivity index (χ3n) is 4.82. The second-order valence-electron chi connectivity index (χ2n) is 6.87. The zero-order chi connectivity index (χ0) is 21.8. The number of hydrogen-bond donors (Lipinski definition) is 1. The van der Waals surface area contributed by atoms with Gasteiger partial charge in [-0.2, -0.15) is 0 Å². The third-order valence-corrected chi connectivity index (χ3v) is 6.22. The van der Waals surface area contributed by atoms with Gasteiger partial charge >= 0.3 is 0 Å². The van der Waals surface area contributed by atoms with Gasteiger partial charge in [-0.05, 0) is 61.0 Å². The molecule has 2 heterocycles. The summed E-state index contributed by atoms with van der Waals surface area (Å²) < 4.78 is 38.3. The summed E-state index contributed by atoms with van der Waals surface area (Å²) in [5, 5.41) is 0. The number of hydrogen-bond acceptors (Lipinski definition) is 6. The molecule has 0 saturated heterocycles. The molecule has 3 aromatic rings. The Kier molecular flexibility index (Phi) is 5.77. The summed E-state index contributed by atoms with van der Waals surface area (Å²) in [4.78, 5) is 18.6. The summed E-state index contributed by atoms with van der Waals surface area (Å²) in [6.45, 7) is 2.98. The number of anilines is 1. The highest BCUT2D eigenvalue weighted by atomic mass is 32.2. The van der Waals surface area contributed by atoms with Gasteiger partial charge in [-0.1, -0.05) is 6.07 Å². The summed E-state index contributed by atoms with van der Waals surface area (Å²) in [5.74, 6) is 1.17. The molecule has 4 rings (SSSR count). The lowest BCUT2D eigenvalue weighted by Crippen LogP contribution is -2.30. The first-order chi connectivity index (χ1) is 15.0. The smallest absolute Gasteiger partial charge is 0.261 e. The molecule has 0 aliphatic carbocycles. The Morgan fingerprint density at radius 3 is 2.45 bits per heavy atom. The minimum Gasteiger partial charge on any atom is -0.454 e. The number of sulfonamides is 1. The lowest BCUT2D eigenvalue weighted by Gasteiger charge is -2.21. The van der Waals surface area contributed by atoms with Crippen LogP contribution in [-0.2, 0) is 16.6 Å². The zero-order valence-corrected chi connectivity index (χ0v) is 17.6. The Balaban J connectivity index is 1.47. The molecule has 0 unspecified atom stereocenters. The van der Waals surface area contributed by atoms with Crippen LogP contribution in [0.1, 0.15) is 22.8 Å². The van der Waals surface area contributed by atoms with Crippen LogP contribution in [0, 0.1) is 0 Å². The van der Waals surface area contributed by atoms with Crippen molar-refractivity contribution in [2.45, 2.75) is 18.4 Å². The second kappa shape index (κ2) is 8.65. The van der Waals surface area contributed by atoms with E-state index in [1.807, 2.05) is 25.1 Å². The van der Waals surface area contributed by atoms with Gasteiger partial charge < -0.3 is 14.4 Å².